The van der Waals surface area contributed by atoms with E-state index in [1.54, 1.807) is 0 Å². The molecule has 16 aliphatic carbocycles. The molecule has 0 aromatic heterocycles. The predicted molar refractivity (Wildman–Crippen MR) is 188 cm³/mol. The van der Waals surface area contributed by atoms with E-state index in [1.807, 2.05) is 0 Å². The minimum atomic E-state index is -5.81. The average molecular weight is 977 g/mol. The first kappa shape index (κ1) is 42.8. The Bertz CT molecular complexity index is 2910. The smallest absolute Gasteiger partial charge is 0.172 e. The van der Waals surface area contributed by atoms with Crippen molar-refractivity contribution in [3.05, 3.63) is 22.3 Å². The van der Waals surface area contributed by atoms with Crippen LogP contribution in [0.5, 0.6) is 0 Å². The van der Waals surface area contributed by atoms with Gasteiger partial charge >= 0.3 is 0 Å². The monoisotopic (exact) mass is 976 g/mol. The van der Waals surface area contributed by atoms with Crippen LogP contribution in [0.2, 0.25) is 0 Å². The lowest BCUT2D eigenvalue weighted by Crippen LogP contribution is -3.08. The minimum absolute atomic E-state index is 1.77. The molecular formula is C39H44O29. The van der Waals surface area contributed by atoms with Crippen molar-refractivity contribution in [2.24, 2.45) is 23.7 Å². The first-order chi connectivity index (χ1) is 30.5. The SMILES string of the molecule is OC1C2(O)CC3(O)C4=C5C6(O)C(O)(C3O)C(O)C3(O)C(O)C7(O)C(O)C8C(O)C9(O)C(O)C%10(O)CC1(O)C1=C2C4(O)C2(O)C5(O)C4(O)C5(O)C%11(O)C(C%10C1(O)C%112O)C9(O)C8C5(O)C7(O)C4(O)C36O. The van der Waals surface area contributed by atoms with Gasteiger partial charge in [-0.25, -0.2) is 0 Å². The molecular weight excluding hydrogens is 932 g/mol. The van der Waals surface area contributed by atoms with Crippen LogP contribution in [0.1, 0.15) is 12.8 Å². The van der Waals surface area contributed by atoms with Gasteiger partial charge in [-0.1, -0.05) is 0 Å². The van der Waals surface area contributed by atoms with Crippen LogP contribution in [0.15, 0.2) is 22.3 Å². The Hall–Kier alpha value is -1.68. The molecule has 12 saturated carbocycles. The van der Waals surface area contributed by atoms with Crippen LogP contribution >= 0.6 is 0 Å². The number of hydrogen-bond donors (Lipinski definition) is 29. The molecule has 16 rings (SSSR count). The highest BCUT2D eigenvalue weighted by atomic mass is 16.6. The Morgan fingerprint density at radius 1 is 0.309 bits per heavy atom. The summed E-state index contributed by atoms with van der Waals surface area (Å²) in [6.07, 6.45) is -30.7. The van der Waals surface area contributed by atoms with Gasteiger partial charge in [0.05, 0.1) is 12.2 Å². The lowest BCUT2D eigenvalue weighted by atomic mass is 9.31. The van der Waals surface area contributed by atoms with E-state index >= 15 is 0 Å². The molecule has 0 bridgehead atoms. The molecule has 29 nitrogen and oxygen atoms in total. The molecule has 0 aliphatic heterocycles. The summed E-state index contributed by atoms with van der Waals surface area (Å²) in [4.78, 5) is 0. The summed E-state index contributed by atoms with van der Waals surface area (Å²) in [5, 5.41) is 389. The Balaban J connectivity index is 1.30. The zero-order valence-electron chi connectivity index (χ0n) is 33.7. The van der Waals surface area contributed by atoms with Crippen molar-refractivity contribution in [3.8, 4) is 0 Å². The second-order valence-corrected chi connectivity index (χ2v) is 24.1. The second kappa shape index (κ2) is 8.59. The molecule has 0 radical (unpaired) electrons. The molecule has 0 aromatic rings. The lowest BCUT2D eigenvalue weighted by molar-refractivity contribution is -0.514. The van der Waals surface area contributed by atoms with Crippen LogP contribution in [0.3, 0.4) is 0 Å². The van der Waals surface area contributed by atoms with Gasteiger partial charge in [-0.2, -0.15) is 0 Å². The summed E-state index contributed by atoms with van der Waals surface area (Å²) in [6.45, 7) is 0. The molecule has 33 unspecified atom stereocenters. The van der Waals surface area contributed by atoms with Gasteiger partial charge in [0.2, 0.25) is 0 Å². The highest BCUT2D eigenvalue weighted by Gasteiger charge is 3.25. The summed E-state index contributed by atoms with van der Waals surface area (Å²) >= 11 is 0. The van der Waals surface area contributed by atoms with Crippen molar-refractivity contribution >= 4 is 0 Å². The molecule has 16 aliphatic rings. The predicted octanol–water partition coefficient (Wildman–Crippen LogP) is -19.3. The van der Waals surface area contributed by atoms with E-state index in [4.69, 9.17) is 0 Å². The third-order valence-corrected chi connectivity index (χ3v) is 24.1. The summed E-state index contributed by atoms with van der Waals surface area (Å²) in [5.41, 5.74) is -118. The number of rotatable bonds is 0. The fraction of sp³-hybridized carbons (Fsp3) is 0.897. The van der Waals surface area contributed by atoms with Gasteiger partial charge in [0, 0.05) is 58.8 Å². The van der Waals surface area contributed by atoms with Crippen LogP contribution in [-0.4, -0.2) is 314 Å². The van der Waals surface area contributed by atoms with Crippen molar-refractivity contribution in [1.29, 1.82) is 0 Å². The van der Waals surface area contributed by atoms with E-state index in [1.165, 1.54) is 0 Å². The van der Waals surface area contributed by atoms with E-state index in [-0.39, 0.29) is 0 Å². The first-order valence-corrected chi connectivity index (χ1v) is 21.7. The Morgan fingerprint density at radius 3 is 1.37 bits per heavy atom. The average Bonchev–Trinajstić information content (AvgIpc) is 3.80. The van der Waals surface area contributed by atoms with Gasteiger partial charge in [0.1, 0.15) is 86.5 Å². The third-order valence-electron chi connectivity index (χ3n) is 24.1. The van der Waals surface area contributed by atoms with Crippen LogP contribution in [0, 0.1) is 23.7 Å². The molecule has 12 fully saturated rings. The molecule has 33 atom stereocenters. The van der Waals surface area contributed by atoms with E-state index in [2.05, 4.69) is 0 Å². The maximum Gasteiger partial charge on any atom is 0.172 e. The molecule has 0 amide bonds. The van der Waals surface area contributed by atoms with Crippen molar-refractivity contribution in [2.45, 2.75) is 179 Å². The lowest BCUT2D eigenvalue weighted by Gasteiger charge is -2.80. The quantitative estimate of drug-likeness (QED) is 0.100. The number of hydrogen-bond acceptors (Lipinski definition) is 29. The summed E-state index contributed by atoms with van der Waals surface area (Å²) in [6, 6.07) is 0. The molecule has 0 saturated heterocycles. The van der Waals surface area contributed by atoms with E-state index in [0.29, 0.717) is 0 Å². The molecule has 29 N–H and O–H groups in total. The maximum atomic E-state index is 14.3. The van der Waals surface area contributed by atoms with Crippen LogP contribution in [0.4, 0.5) is 0 Å². The molecule has 0 heterocycles. The Labute approximate surface area is 372 Å². The van der Waals surface area contributed by atoms with Gasteiger partial charge < -0.3 is 148 Å². The van der Waals surface area contributed by atoms with E-state index in [9.17, 15) is 148 Å². The van der Waals surface area contributed by atoms with Crippen LogP contribution < -0.4 is 0 Å². The Kier molecular flexibility index (Phi) is 5.41. The fourth-order valence-corrected chi connectivity index (χ4v) is 23.0. The second-order valence-electron chi connectivity index (χ2n) is 24.1. The van der Waals surface area contributed by atoms with Crippen molar-refractivity contribution in [2.75, 3.05) is 0 Å². The Morgan fingerprint density at radius 2 is 0.794 bits per heavy atom. The zero-order valence-corrected chi connectivity index (χ0v) is 33.7. The third kappa shape index (κ3) is 2.08. The van der Waals surface area contributed by atoms with Crippen LogP contribution in [0.25, 0.3) is 0 Å². The standard InChI is InChI=1S/C39H44O29/c40-11-3-4-22(51)9-7-20(49,14(43)25(11,22)54)1-18(47)5-6-19(48,13(18)42)2-21(50)8-10-29(58)27(56,15(21)44)17(46)28(57)16(45)26(55,12(3)41)35(64)30(4,59)37(66)31(9,60)33(62,23(5,7)52)34(63,24(6,8)53)32(10,61)38(37,67)39(35,68)36(28,29)65/h3-4,7,9,11-17,40-68H,1-2H2. The first-order valence-electron chi connectivity index (χ1n) is 21.7. The van der Waals surface area contributed by atoms with Crippen molar-refractivity contribution in [1.82, 2.24) is 0 Å². The highest BCUT2D eigenvalue weighted by molar-refractivity contribution is 5.86. The van der Waals surface area contributed by atoms with Gasteiger partial charge in [-0.3, -0.25) is 0 Å². The number of aliphatic hydroxyl groups excluding tert-OH is 7. The van der Waals surface area contributed by atoms with Gasteiger partial charge in [0.25, 0.3) is 0 Å². The van der Waals surface area contributed by atoms with E-state index in [0.717, 1.165) is 0 Å². The topological polar surface area (TPSA) is 587 Å². The highest BCUT2D eigenvalue weighted by Crippen LogP contribution is 2.99. The molecule has 68 heavy (non-hydrogen) atoms. The van der Waals surface area contributed by atoms with Gasteiger partial charge in [-0.05, 0) is 0 Å². The fourth-order valence-electron chi connectivity index (χ4n) is 23.0. The summed E-state index contributed by atoms with van der Waals surface area (Å²) in [5.74, 6) is -13.9. The largest absolute Gasteiger partial charge is 0.389 e. The molecule has 29 heteroatoms. The van der Waals surface area contributed by atoms with Crippen molar-refractivity contribution < 1.29 is 148 Å². The van der Waals surface area contributed by atoms with Crippen LogP contribution in [-0.2, 0) is 0 Å². The van der Waals surface area contributed by atoms with Crippen molar-refractivity contribution in [3.63, 3.8) is 0 Å². The zero-order chi connectivity index (χ0) is 50.1. The summed E-state index contributed by atoms with van der Waals surface area (Å²) < 4.78 is 0. The molecule has 0 aromatic carbocycles. The van der Waals surface area contributed by atoms with E-state index < -0.39 is 225 Å². The number of aliphatic hydroxyl groups is 29. The maximum absolute atomic E-state index is 14.3. The van der Waals surface area contributed by atoms with Gasteiger partial charge in [0.15, 0.2) is 67.2 Å². The van der Waals surface area contributed by atoms with Gasteiger partial charge in [-0.15, -0.1) is 0 Å². The molecule has 374 valence electrons. The minimum Gasteiger partial charge on any atom is -0.389 e. The summed E-state index contributed by atoms with van der Waals surface area (Å²) in [7, 11) is 0. The molecule has 0 spiro atoms. The normalized spacial score (nSPS) is 83.7.